The van der Waals surface area contributed by atoms with Gasteiger partial charge in [0.2, 0.25) is 0 Å². The van der Waals surface area contributed by atoms with Gasteiger partial charge in [-0.25, -0.2) is 4.98 Å². The fourth-order valence-electron chi connectivity index (χ4n) is 3.83. The maximum absolute atomic E-state index is 13.0. The first-order valence-corrected chi connectivity index (χ1v) is 11.3. The van der Waals surface area contributed by atoms with E-state index in [4.69, 9.17) is 27.9 Å². The lowest BCUT2D eigenvalue weighted by Crippen LogP contribution is -2.43. The van der Waals surface area contributed by atoms with Crippen LogP contribution in [0, 0.1) is 0 Å². The van der Waals surface area contributed by atoms with Crippen molar-refractivity contribution in [2.24, 2.45) is 0 Å². The van der Waals surface area contributed by atoms with Crippen LogP contribution in [0.2, 0.25) is 10.2 Å². The molecule has 1 aliphatic heterocycles. The van der Waals surface area contributed by atoms with E-state index in [9.17, 15) is 9.59 Å². The van der Waals surface area contributed by atoms with Crippen molar-refractivity contribution in [3.63, 3.8) is 0 Å². The molecule has 0 saturated carbocycles. The van der Waals surface area contributed by atoms with Gasteiger partial charge in [-0.05, 0) is 68.3 Å². The number of nitrogens with one attached hydrogen (secondary N) is 2. The van der Waals surface area contributed by atoms with E-state index in [2.05, 4.69) is 29.5 Å². The van der Waals surface area contributed by atoms with Crippen molar-refractivity contribution in [3.8, 4) is 5.75 Å². The molecule has 2 heterocycles. The van der Waals surface area contributed by atoms with Gasteiger partial charge in [0.05, 0.1) is 17.7 Å². The zero-order chi connectivity index (χ0) is 24.5. The highest BCUT2D eigenvalue weighted by atomic mass is 35.5. The SMILES string of the molecule is COc1ccc2c(c1)C(=CC(=O)c1ccc(NC(=O)c3cnc(Cl)c(Cl)c3)cc1)NC(C)(C)C2. The Balaban J connectivity index is 1.54. The van der Waals surface area contributed by atoms with Crippen LogP contribution in [-0.2, 0) is 6.42 Å². The van der Waals surface area contributed by atoms with Gasteiger partial charge in [0.15, 0.2) is 5.78 Å². The van der Waals surface area contributed by atoms with Gasteiger partial charge in [-0.1, -0.05) is 29.3 Å². The molecule has 3 aromatic rings. The quantitative estimate of drug-likeness (QED) is 0.265. The minimum atomic E-state index is -0.383. The number of fused-ring (bicyclic) bond motifs is 1. The maximum Gasteiger partial charge on any atom is 0.257 e. The number of nitrogens with zero attached hydrogens (tertiary/aromatic N) is 1. The van der Waals surface area contributed by atoms with E-state index in [0.717, 1.165) is 29.0 Å². The number of amides is 1. The largest absolute Gasteiger partial charge is 0.497 e. The van der Waals surface area contributed by atoms with E-state index in [-0.39, 0.29) is 33.0 Å². The van der Waals surface area contributed by atoms with Crippen LogP contribution >= 0.6 is 23.2 Å². The van der Waals surface area contributed by atoms with E-state index >= 15 is 0 Å². The molecule has 2 N–H and O–H groups in total. The van der Waals surface area contributed by atoms with Crippen LogP contribution in [0.3, 0.4) is 0 Å². The average Bonchev–Trinajstić information content (AvgIpc) is 2.80. The Kier molecular flexibility index (Phi) is 6.64. The van der Waals surface area contributed by atoms with Crippen molar-refractivity contribution in [2.45, 2.75) is 25.8 Å². The number of anilines is 1. The maximum atomic E-state index is 13.0. The number of hydrogen-bond donors (Lipinski definition) is 2. The Morgan fingerprint density at radius 1 is 1.09 bits per heavy atom. The van der Waals surface area contributed by atoms with Gasteiger partial charge >= 0.3 is 0 Å². The second kappa shape index (κ2) is 9.49. The van der Waals surface area contributed by atoms with Crippen LogP contribution in [0.5, 0.6) is 5.75 Å². The molecule has 0 radical (unpaired) electrons. The van der Waals surface area contributed by atoms with E-state index < -0.39 is 0 Å². The molecule has 0 spiro atoms. The van der Waals surface area contributed by atoms with Gasteiger partial charge < -0.3 is 15.4 Å². The topological polar surface area (TPSA) is 80.3 Å². The normalized spacial score (nSPS) is 15.3. The minimum Gasteiger partial charge on any atom is -0.497 e. The summed E-state index contributed by atoms with van der Waals surface area (Å²) in [6.45, 7) is 4.19. The summed E-state index contributed by atoms with van der Waals surface area (Å²) in [7, 11) is 1.62. The number of benzene rings is 2. The molecule has 0 unspecified atom stereocenters. The van der Waals surface area contributed by atoms with Crippen molar-refractivity contribution in [3.05, 3.63) is 93.2 Å². The third kappa shape index (κ3) is 5.24. The van der Waals surface area contributed by atoms with Crippen LogP contribution in [0.4, 0.5) is 5.69 Å². The van der Waals surface area contributed by atoms with Crippen LogP contribution < -0.4 is 15.4 Å². The molecule has 174 valence electrons. The van der Waals surface area contributed by atoms with Gasteiger partial charge in [0.1, 0.15) is 10.9 Å². The van der Waals surface area contributed by atoms with Crippen molar-refractivity contribution in [2.75, 3.05) is 12.4 Å². The van der Waals surface area contributed by atoms with Crippen LogP contribution in [0.25, 0.3) is 5.70 Å². The van der Waals surface area contributed by atoms with Crippen LogP contribution in [-0.4, -0.2) is 29.3 Å². The zero-order valence-corrected chi connectivity index (χ0v) is 20.4. The highest BCUT2D eigenvalue weighted by molar-refractivity contribution is 6.41. The van der Waals surface area contributed by atoms with Gasteiger partial charge in [-0.15, -0.1) is 0 Å². The Bertz CT molecular complexity index is 1300. The highest BCUT2D eigenvalue weighted by Gasteiger charge is 2.28. The number of carbonyl (C=O) groups is 2. The fourth-order valence-corrected chi connectivity index (χ4v) is 4.10. The van der Waals surface area contributed by atoms with Gasteiger partial charge in [-0.3, -0.25) is 9.59 Å². The standard InChI is InChI=1S/C26H23Cl2N3O3/c1-26(2)13-16-6-9-19(34-3)11-20(16)22(31-26)12-23(32)15-4-7-18(8-5-15)30-25(33)17-10-21(27)24(28)29-14-17/h4-12,14,31H,13H2,1-3H3,(H,30,33). The lowest BCUT2D eigenvalue weighted by Gasteiger charge is -2.35. The summed E-state index contributed by atoms with van der Waals surface area (Å²) in [6, 6.07) is 14.0. The van der Waals surface area contributed by atoms with Crippen LogP contribution in [0.15, 0.2) is 60.8 Å². The fraction of sp³-hybridized carbons (Fsp3) is 0.192. The molecule has 1 aliphatic rings. The smallest absolute Gasteiger partial charge is 0.257 e. The first-order valence-electron chi connectivity index (χ1n) is 10.6. The molecule has 6 nitrogen and oxygen atoms in total. The molecule has 0 saturated heterocycles. The number of ether oxygens (including phenoxy) is 1. The average molecular weight is 496 g/mol. The molecule has 2 aromatic carbocycles. The summed E-state index contributed by atoms with van der Waals surface area (Å²) >= 11 is 11.7. The molecule has 1 aromatic heterocycles. The molecule has 0 fully saturated rings. The Hall–Kier alpha value is -3.35. The highest BCUT2D eigenvalue weighted by Crippen LogP contribution is 2.32. The lowest BCUT2D eigenvalue weighted by atomic mass is 9.85. The molecular weight excluding hydrogens is 473 g/mol. The van der Waals surface area contributed by atoms with Crippen molar-refractivity contribution >= 4 is 46.3 Å². The van der Waals surface area contributed by atoms with Crippen molar-refractivity contribution in [1.29, 1.82) is 0 Å². The summed E-state index contributed by atoms with van der Waals surface area (Å²) in [4.78, 5) is 29.4. The Morgan fingerprint density at radius 2 is 1.82 bits per heavy atom. The predicted octanol–water partition coefficient (Wildman–Crippen LogP) is 5.80. The Labute approximate surface area is 207 Å². The van der Waals surface area contributed by atoms with E-state index in [0.29, 0.717) is 11.3 Å². The summed E-state index contributed by atoms with van der Waals surface area (Å²) < 4.78 is 5.37. The second-order valence-corrected chi connectivity index (χ2v) is 9.42. The first-order chi connectivity index (χ1) is 16.1. The lowest BCUT2D eigenvalue weighted by molar-refractivity contribution is 0.102. The van der Waals surface area contributed by atoms with Gasteiger partial charge in [0.25, 0.3) is 5.91 Å². The summed E-state index contributed by atoms with van der Waals surface area (Å²) in [5.74, 6) is 0.197. The number of pyridine rings is 1. The third-order valence-electron chi connectivity index (χ3n) is 5.47. The molecule has 0 bridgehead atoms. The first kappa shape index (κ1) is 23.8. The molecule has 1 amide bonds. The number of allylic oxidation sites excluding steroid dienone is 1. The third-order valence-corrected chi connectivity index (χ3v) is 6.16. The summed E-state index contributed by atoms with van der Waals surface area (Å²) in [6.07, 6.45) is 3.79. The van der Waals surface area contributed by atoms with Gasteiger partial charge in [-0.2, -0.15) is 0 Å². The predicted molar refractivity (Wildman–Crippen MR) is 135 cm³/mol. The number of aromatic nitrogens is 1. The summed E-state index contributed by atoms with van der Waals surface area (Å²) in [5.41, 5.74) is 3.97. The summed E-state index contributed by atoms with van der Waals surface area (Å²) in [5, 5.41) is 6.55. The molecule has 34 heavy (non-hydrogen) atoms. The number of hydrogen-bond acceptors (Lipinski definition) is 5. The minimum absolute atomic E-state index is 0.132. The van der Waals surface area contributed by atoms with E-state index in [1.54, 1.807) is 37.5 Å². The van der Waals surface area contributed by atoms with E-state index in [1.807, 2.05) is 18.2 Å². The van der Waals surface area contributed by atoms with Crippen LogP contribution in [0.1, 0.15) is 45.7 Å². The monoisotopic (exact) mass is 495 g/mol. The molecule has 4 rings (SSSR count). The van der Waals surface area contributed by atoms with Crippen molar-refractivity contribution < 1.29 is 14.3 Å². The van der Waals surface area contributed by atoms with Crippen molar-refractivity contribution in [1.82, 2.24) is 10.3 Å². The number of halogens is 2. The number of ketones is 1. The number of methoxy groups -OCH3 is 1. The van der Waals surface area contributed by atoms with Gasteiger partial charge in [0, 0.05) is 40.3 Å². The molecule has 0 atom stereocenters. The second-order valence-electron chi connectivity index (χ2n) is 8.66. The van der Waals surface area contributed by atoms with E-state index in [1.165, 1.54) is 12.3 Å². The number of carbonyl (C=O) groups excluding carboxylic acids is 2. The molecule has 0 aliphatic carbocycles. The Morgan fingerprint density at radius 3 is 2.50 bits per heavy atom. The zero-order valence-electron chi connectivity index (χ0n) is 18.9. The number of rotatable bonds is 5. The molecule has 8 heteroatoms. The molecular formula is C26H23Cl2N3O3.